The Labute approximate surface area is 114 Å². The maximum absolute atomic E-state index is 13.6. The van der Waals surface area contributed by atoms with Gasteiger partial charge in [-0.15, -0.1) is 0 Å². The first-order valence-electron chi connectivity index (χ1n) is 5.74. The lowest BCUT2D eigenvalue weighted by Gasteiger charge is -2.11. The van der Waals surface area contributed by atoms with Crippen LogP contribution in [0.2, 0.25) is 0 Å². The lowest BCUT2D eigenvalue weighted by atomic mass is 10.3. The third kappa shape index (κ3) is 2.64. The molecule has 18 heavy (non-hydrogen) atoms. The van der Waals surface area contributed by atoms with Crippen molar-refractivity contribution in [3.8, 4) is 0 Å². The SMILES string of the molecule is CN(C)CCCn1c(N)nc2cc(Br)c(F)cc21. The molecular formula is C12H16BrFN4. The van der Waals surface area contributed by atoms with Crippen LogP contribution in [0.25, 0.3) is 11.0 Å². The number of imidazole rings is 1. The molecule has 0 fully saturated rings. The van der Waals surface area contributed by atoms with Crippen LogP contribution in [0.5, 0.6) is 0 Å². The summed E-state index contributed by atoms with van der Waals surface area (Å²) in [6.45, 7) is 1.69. The van der Waals surface area contributed by atoms with E-state index in [9.17, 15) is 4.39 Å². The number of anilines is 1. The number of aryl methyl sites for hydroxylation is 1. The molecule has 0 amide bonds. The Morgan fingerprint density at radius 3 is 2.83 bits per heavy atom. The molecule has 0 saturated carbocycles. The Hall–Kier alpha value is -1.14. The highest BCUT2D eigenvalue weighted by Crippen LogP contribution is 2.25. The maximum atomic E-state index is 13.6. The molecule has 1 aromatic carbocycles. The molecule has 0 aliphatic rings. The summed E-state index contributed by atoms with van der Waals surface area (Å²) < 4.78 is 15.8. The number of hydrogen-bond donors (Lipinski definition) is 1. The average molecular weight is 315 g/mol. The molecule has 0 saturated heterocycles. The zero-order valence-corrected chi connectivity index (χ0v) is 12.0. The summed E-state index contributed by atoms with van der Waals surface area (Å²) in [5.74, 6) is 0.137. The van der Waals surface area contributed by atoms with Gasteiger partial charge in [-0.1, -0.05) is 0 Å². The summed E-state index contributed by atoms with van der Waals surface area (Å²) in [4.78, 5) is 6.35. The molecule has 4 nitrogen and oxygen atoms in total. The van der Waals surface area contributed by atoms with E-state index in [4.69, 9.17) is 5.73 Å². The zero-order valence-electron chi connectivity index (χ0n) is 10.5. The van der Waals surface area contributed by atoms with Crippen LogP contribution in [-0.2, 0) is 6.54 Å². The fraction of sp³-hybridized carbons (Fsp3) is 0.417. The first-order valence-corrected chi connectivity index (χ1v) is 6.54. The molecule has 0 radical (unpaired) electrons. The molecule has 0 spiro atoms. The number of hydrogen-bond acceptors (Lipinski definition) is 3. The highest BCUT2D eigenvalue weighted by atomic mass is 79.9. The van der Waals surface area contributed by atoms with Crippen molar-refractivity contribution in [2.24, 2.45) is 0 Å². The summed E-state index contributed by atoms with van der Waals surface area (Å²) in [6, 6.07) is 3.13. The molecular weight excluding hydrogens is 299 g/mol. The molecule has 0 atom stereocenters. The smallest absolute Gasteiger partial charge is 0.201 e. The number of nitrogens with zero attached hydrogens (tertiary/aromatic N) is 3. The van der Waals surface area contributed by atoms with Gasteiger partial charge in [0.25, 0.3) is 0 Å². The van der Waals surface area contributed by atoms with Gasteiger partial charge in [0.05, 0.1) is 15.5 Å². The summed E-state index contributed by atoms with van der Waals surface area (Å²) >= 11 is 3.15. The number of benzene rings is 1. The summed E-state index contributed by atoms with van der Waals surface area (Å²) in [6.07, 6.45) is 0.945. The van der Waals surface area contributed by atoms with Gasteiger partial charge in [-0.05, 0) is 49.1 Å². The molecule has 1 heterocycles. The van der Waals surface area contributed by atoms with Crippen molar-refractivity contribution in [3.63, 3.8) is 0 Å². The average Bonchev–Trinajstić information content (AvgIpc) is 2.56. The number of nitrogen functional groups attached to an aromatic ring is 1. The van der Waals surface area contributed by atoms with E-state index in [1.807, 2.05) is 18.7 Å². The molecule has 0 bridgehead atoms. The van der Waals surface area contributed by atoms with Crippen molar-refractivity contribution < 1.29 is 4.39 Å². The third-order valence-corrected chi connectivity index (χ3v) is 3.41. The second-order valence-electron chi connectivity index (χ2n) is 4.53. The minimum Gasteiger partial charge on any atom is -0.369 e. The molecule has 2 N–H and O–H groups in total. The number of aromatic nitrogens is 2. The van der Waals surface area contributed by atoms with Crippen LogP contribution in [-0.4, -0.2) is 35.1 Å². The van der Waals surface area contributed by atoms with Gasteiger partial charge in [0, 0.05) is 12.6 Å². The van der Waals surface area contributed by atoms with E-state index in [2.05, 4.69) is 25.8 Å². The minimum atomic E-state index is -0.295. The predicted molar refractivity (Wildman–Crippen MR) is 75.0 cm³/mol. The molecule has 0 aliphatic carbocycles. The van der Waals surface area contributed by atoms with Gasteiger partial charge in [0.1, 0.15) is 5.82 Å². The first kappa shape index (κ1) is 13.3. The third-order valence-electron chi connectivity index (χ3n) is 2.81. The van der Waals surface area contributed by atoms with Crippen LogP contribution in [0, 0.1) is 5.82 Å². The lowest BCUT2D eigenvalue weighted by Crippen LogP contribution is -2.15. The Balaban J connectivity index is 2.31. The Kier molecular flexibility index (Phi) is 3.87. The van der Waals surface area contributed by atoms with Crippen LogP contribution in [0.1, 0.15) is 6.42 Å². The number of fused-ring (bicyclic) bond motifs is 1. The van der Waals surface area contributed by atoms with E-state index < -0.39 is 0 Å². The molecule has 0 unspecified atom stereocenters. The van der Waals surface area contributed by atoms with Crippen molar-refractivity contribution in [2.75, 3.05) is 26.4 Å². The van der Waals surface area contributed by atoms with Gasteiger partial charge in [-0.2, -0.15) is 0 Å². The van der Waals surface area contributed by atoms with Crippen LogP contribution >= 0.6 is 15.9 Å². The van der Waals surface area contributed by atoms with E-state index in [1.54, 1.807) is 6.07 Å². The molecule has 0 aliphatic heterocycles. The van der Waals surface area contributed by atoms with Gasteiger partial charge < -0.3 is 15.2 Å². The highest BCUT2D eigenvalue weighted by Gasteiger charge is 2.11. The van der Waals surface area contributed by atoms with E-state index in [-0.39, 0.29) is 5.82 Å². The van der Waals surface area contributed by atoms with E-state index in [0.29, 0.717) is 15.9 Å². The fourth-order valence-corrected chi connectivity index (χ4v) is 2.25. The quantitative estimate of drug-likeness (QED) is 0.943. The van der Waals surface area contributed by atoms with Crippen LogP contribution in [0.3, 0.4) is 0 Å². The minimum absolute atomic E-state index is 0.295. The number of nitrogens with two attached hydrogens (primary N) is 1. The van der Waals surface area contributed by atoms with Crippen molar-refractivity contribution in [1.29, 1.82) is 0 Å². The lowest BCUT2D eigenvalue weighted by molar-refractivity contribution is 0.388. The number of rotatable bonds is 4. The van der Waals surface area contributed by atoms with Crippen molar-refractivity contribution in [1.82, 2.24) is 14.5 Å². The molecule has 2 aromatic rings. The molecule has 1 aromatic heterocycles. The molecule has 6 heteroatoms. The van der Waals surface area contributed by atoms with Gasteiger partial charge in [0.2, 0.25) is 5.95 Å². The standard InChI is InChI=1S/C12H16BrFN4/c1-17(2)4-3-5-18-11-7-9(14)8(13)6-10(11)16-12(18)15/h6-7H,3-5H2,1-2H3,(H2,15,16). The Morgan fingerprint density at radius 1 is 1.44 bits per heavy atom. The predicted octanol–water partition coefficient (Wildman–Crippen LogP) is 2.47. The zero-order chi connectivity index (χ0) is 13.3. The van der Waals surface area contributed by atoms with E-state index >= 15 is 0 Å². The Morgan fingerprint density at radius 2 is 2.17 bits per heavy atom. The van der Waals surface area contributed by atoms with Crippen molar-refractivity contribution >= 4 is 32.9 Å². The molecule has 2 rings (SSSR count). The van der Waals surface area contributed by atoms with Crippen LogP contribution < -0.4 is 5.73 Å². The van der Waals surface area contributed by atoms with Gasteiger partial charge >= 0.3 is 0 Å². The highest BCUT2D eigenvalue weighted by molar-refractivity contribution is 9.10. The fourth-order valence-electron chi connectivity index (χ4n) is 1.92. The second-order valence-corrected chi connectivity index (χ2v) is 5.39. The van der Waals surface area contributed by atoms with Gasteiger partial charge in [-0.25, -0.2) is 9.37 Å². The maximum Gasteiger partial charge on any atom is 0.201 e. The van der Waals surface area contributed by atoms with E-state index in [0.717, 1.165) is 25.0 Å². The summed E-state index contributed by atoms with van der Waals surface area (Å²) in [5.41, 5.74) is 7.33. The Bertz CT molecular complexity index is 565. The normalized spacial score (nSPS) is 11.6. The molecule has 98 valence electrons. The topological polar surface area (TPSA) is 47.1 Å². The van der Waals surface area contributed by atoms with Crippen LogP contribution in [0.4, 0.5) is 10.3 Å². The number of halogens is 2. The largest absolute Gasteiger partial charge is 0.369 e. The second kappa shape index (κ2) is 5.24. The van der Waals surface area contributed by atoms with Gasteiger partial charge in [-0.3, -0.25) is 0 Å². The van der Waals surface area contributed by atoms with E-state index in [1.165, 1.54) is 6.07 Å². The summed E-state index contributed by atoms with van der Waals surface area (Å²) in [7, 11) is 4.04. The monoisotopic (exact) mass is 314 g/mol. The van der Waals surface area contributed by atoms with Crippen LogP contribution in [0.15, 0.2) is 16.6 Å². The van der Waals surface area contributed by atoms with Crippen molar-refractivity contribution in [3.05, 3.63) is 22.4 Å². The van der Waals surface area contributed by atoms with Crippen molar-refractivity contribution in [2.45, 2.75) is 13.0 Å². The first-order chi connectivity index (χ1) is 8.49. The summed E-state index contributed by atoms with van der Waals surface area (Å²) in [5, 5.41) is 0. The van der Waals surface area contributed by atoms with Gasteiger partial charge in [0.15, 0.2) is 0 Å².